The number of amides is 1. The second kappa shape index (κ2) is 8.81. The Kier molecular flexibility index (Phi) is 6.23. The van der Waals surface area contributed by atoms with E-state index in [2.05, 4.69) is 5.32 Å². The average molecular weight is 356 g/mol. The third-order valence-electron chi connectivity index (χ3n) is 4.81. The number of methoxy groups -OCH3 is 1. The number of aryl methyl sites for hydroxylation is 1. The smallest absolute Gasteiger partial charge is 0.223 e. The van der Waals surface area contributed by atoms with Gasteiger partial charge in [-0.3, -0.25) is 4.79 Å². The Morgan fingerprint density at radius 1 is 1.27 bits per heavy atom. The van der Waals surface area contributed by atoms with Crippen molar-refractivity contribution in [3.8, 4) is 5.75 Å². The van der Waals surface area contributed by atoms with Crippen LogP contribution in [-0.2, 0) is 11.2 Å². The number of benzene rings is 2. The second-order valence-corrected chi connectivity index (χ2v) is 6.56. The zero-order valence-electron chi connectivity index (χ0n) is 15.1. The predicted octanol–water partition coefficient (Wildman–Crippen LogP) is 3.33. The van der Waals surface area contributed by atoms with Crippen LogP contribution in [0.2, 0.25) is 0 Å². The van der Waals surface area contributed by atoms with Crippen LogP contribution in [0.15, 0.2) is 48.5 Å². The van der Waals surface area contributed by atoms with Gasteiger partial charge in [-0.05, 0) is 48.2 Å². The van der Waals surface area contributed by atoms with Crippen molar-refractivity contribution in [1.29, 1.82) is 0 Å². The molecular formula is C21H25FN2O2. The summed E-state index contributed by atoms with van der Waals surface area (Å²) >= 11 is 0. The van der Waals surface area contributed by atoms with Crippen molar-refractivity contribution in [2.24, 2.45) is 0 Å². The van der Waals surface area contributed by atoms with Crippen LogP contribution in [0.5, 0.6) is 5.75 Å². The summed E-state index contributed by atoms with van der Waals surface area (Å²) in [4.78, 5) is 14.6. The van der Waals surface area contributed by atoms with Gasteiger partial charge in [0.05, 0.1) is 13.2 Å². The minimum atomic E-state index is -0.264. The molecule has 1 heterocycles. The number of halogens is 1. The average Bonchev–Trinajstić information content (AvgIpc) is 2.68. The quantitative estimate of drug-likeness (QED) is 0.863. The molecule has 5 heteroatoms. The standard InChI is InChI=1S/C21H25FN2O2/c1-26-19-10-8-16(9-11-19)4-2-7-21(25)24-13-12-23-15-20(24)17-5-3-6-18(22)14-17/h3,5-6,8-11,14,20,23H,2,4,7,12-13,15H2,1H3. The highest BCUT2D eigenvalue weighted by Crippen LogP contribution is 2.24. The van der Waals surface area contributed by atoms with Gasteiger partial charge in [0, 0.05) is 26.1 Å². The molecule has 26 heavy (non-hydrogen) atoms. The van der Waals surface area contributed by atoms with E-state index in [1.807, 2.05) is 35.2 Å². The molecule has 0 aromatic heterocycles. The molecule has 1 N–H and O–H groups in total. The lowest BCUT2D eigenvalue weighted by atomic mass is 10.0. The van der Waals surface area contributed by atoms with Crippen molar-refractivity contribution in [2.45, 2.75) is 25.3 Å². The van der Waals surface area contributed by atoms with Gasteiger partial charge in [0.25, 0.3) is 0 Å². The molecule has 1 saturated heterocycles. The molecular weight excluding hydrogens is 331 g/mol. The largest absolute Gasteiger partial charge is 0.497 e. The zero-order chi connectivity index (χ0) is 18.4. The van der Waals surface area contributed by atoms with Gasteiger partial charge in [0.15, 0.2) is 0 Å². The number of hydrogen-bond donors (Lipinski definition) is 1. The minimum Gasteiger partial charge on any atom is -0.497 e. The number of rotatable bonds is 6. The van der Waals surface area contributed by atoms with Crippen molar-refractivity contribution in [3.63, 3.8) is 0 Å². The number of piperazine rings is 1. The molecule has 138 valence electrons. The van der Waals surface area contributed by atoms with E-state index >= 15 is 0 Å². The van der Waals surface area contributed by atoms with Crippen LogP contribution < -0.4 is 10.1 Å². The van der Waals surface area contributed by atoms with E-state index in [1.165, 1.54) is 17.7 Å². The highest BCUT2D eigenvalue weighted by molar-refractivity contribution is 5.77. The van der Waals surface area contributed by atoms with Crippen LogP contribution in [0, 0.1) is 5.82 Å². The molecule has 4 nitrogen and oxygen atoms in total. The molecule has 0 radical (unpaired) electrons. The molecule has 1 aliphatic heterocycles. The highest BCUT2D eigenvalue weighted by Gasteiger charge is 2.27. The normalized spacial score (nSPS) is 17.2. The summed E-state index contributed by atoms with van der Waals surface area (Å²) in [7, 11) is 1.65. The van der Waals surface area contributed by atoms with Gasteiger partial charge in [0.2, 0.25) is 5.91 Å². The Labute approximate surface area is 154 Å². The fraction of sp³-hybridized carbons (Fsp3) is 0.381. The lowest BCUT2D eigenvalue weighted by molar-refractivity contribution is -0.134. The molecule has 0 bridgehead atoms. The van der Waals surface area contributed by atoms with Crippen molar-refractivity contribution < 1.29 is 13.9 Å². The Balaban J connectivity index is 1.58. The number of carbonyl (C=O) groups excluding carboxylic acids is 1. The van der Waals surface area contributed by atoms with E-state index in [-0.39, 0.29) is 17.8 Å². The van der Waals surface area contributed by atoms with Crippen molar-refractivity contribution in [3.05, 3.63) is 65.5 Å². The fourth-order valence-electron chi connectivity index (χ4n) is 3.39. The van der Waals surface area contributed by atoms with E-state index in [0.29, 0.717) is 19.5 Å². The van der Waals surface area contributed by atoms with Crippen molar-refractivity contribution >= 4 is 5.91 Å². The van der Waals surface area contributed by atoms with Crippen molar-refractivity contribution in [1.82, 2.24) is 10.2 Å². The van der Waals surface area contributed by atoms with E-state index in [4.69, 9.17) is 4.74 Å². The number of nitrogens with one attached hydrogen (secondary N) is 1. The second-order valence-electron chi connectivity index (χ2n) is 6.56. The van der Waals surface area contributed by atoms with Crippen LogP contribution in [0.25, 0.3) is 0 Å². The summed E-state index contributed by atoms with van der Waals surface area (Å²) in [5.41, 5.74) is 2.04. The van der Waals surface area contributed by atoms with Crippen LogP contribution in [0.3, 0.4) is 0 Å². The lowest BCUT2D eigenvalue weighted by Gasteiger charge is -2.36. The number of carbonyl (C=O) groups is 1. The highest BCUT2D eigenvalue weighted by atomic mass is 19.1. The maximum absolute atomic E-state index is 13.6. The van der Waals surface area contributed by atoms with Gasteiger partial charge in [-0.2, -0.15) is 0 Å². The summed E-state index contributed by atoms with van der Waals surface area (Å²) in [6, 6.07) is 14.4. The SMILES string of the molecule is COc1ccc(CCCC(=O)N2CCNCC2c2cccc(F)c2)cc1. The first-order valence-electron chi connectivity index (χ1n) is 9.06. The maximum Gasteiger partial charge on any atom is 0.223 e. The molecule has 0 spiro atoms. The van der Waals surface area contributed by atoms with Gasteiger partial charge >= 0.3 is 0 Å². The molecule has 0 saturated carbocycles. The van der Waals surface area contributed by atoms with E-state index in [0.717, 1.165) is 30.7 Å². The molecule has 1 atom stereocenters. The lowest BCUT2D eigenvalue weighted by Crippen LogP contribution is -2.48. The van der Waals surface area contributed by atoms with Crippen LogP contribution in [-0.4, -0.2) is 37.6 Å². The molecule has 1 amide bonds. The summed E-state index contributed by atoms with van der Waals surface area (Å²) in [5.74, 6) is 0.706. The summed E-state index contributed by atoms with van der Waals surface area (Å²) in [6.07, 6.45) is 2.15. The third kappa shape index (κ3) is 4.61. The van der Waals surface area contributed by atoms with Crippen LogP contribution >= 0.6 is 0 Å². The fourth-order valence-corrected chi connectivity index (χ4v) is 3.39. The summed E-state index contributed by atoms with van der Waals surface area (Å²) in [6.45, 7) is 2.09. The van der Waals surface area contributed by atoms with Gasteiger partial charge in [-0.15, -0.1) is 0 Å². The first kappa shape index (κ1) is 18.4. The minimum absolute atomic E-state index is 0.104. The molecule has 3 rings (SSSR count). The Hall–Kier alpha value is -2.40. The van der Waals surface area contributed by atoms with Crippen LogP contribution in [0.4, 0.5) is 4.39 Å². The van der Waals surface area contributed by atoms with Gasteiger partial charge in [-0.1, -0.05) is 24.3 Å². The number of nitrogens with zero attached hydrogens (tertiary/aromatic N) is 1. The van der Waals surface area contributed by atoms with Gasteiger partial charge in [0.1, 0.15) is 11.6 Å². The number of ether oxygens (including phenoxy) is 1. The maximum atomic E-state index is 13.6. The first-order valence-corrected chi connectivity index (χ1v) is 9.06. The first-order chi connectivity index (χ1) is 12.7. The van der Waals surface area contributed by atoms with Gasteiger partial charge in [-0.25, -0.2) is 4.39 Å². The Bertz CT molecular complexity index is 733. The summed E-state index contributed by atoms with van der Waals surface area (Å²) in [5, 5.41) is 3.30. The van der Waals surface area contributed by atoms with Crippen LogP contribution in [0.1, 0.15) is 30.0 Å². The molecule has 1 fully saturated rings. The molecule has 0 aliphatic carbocycles. The van der Waals surface area contributed by atoms with Crippen molar-refractivity contribution in [2.75, 3.05) is 26.7 Å². The Morgan fingerprint density at radius 2 is 2.08 bits per heavy atom. The summed E-state index contributed by atoms with van der Waals surface area (Å²) < 4.78 is 18.7. The monoisotopic (exact) mass is 356 g/mol. The van der Waals surface area contributed by atoms with E-state index < -0.39 is 0 Å². The van der Waals surface area contributed by atoms with E-state index in [1.54, 1.807) is 13.2 Å². The third-order valence-corrected chi connectivity index (χ3v) is 4.81. The topological polar surface area (TPSA) is 41.6 Å². The predicted molar refractivity (Wildman–Crippen MR) is 99.7 cm³/mol. The number of hydrogen-bond acceptors (Lipinski definition) is 3. The van der Waals surface area contributed by atoms with Gasteiger partial charge < -0.3 is 15.0 Å². The molecule has 2 aromatic carbocycles. The Morgan fingerprint density at radius 3 is 2.81 bits per heavy atom. The zero-order valence-corrected chi connectivity index (χ0v) is 15.1. The van der Waals surface area contributed by atoms with E-state index in [9.17, 15) is 9.18 Å². The molecule has 2 aromatic rings. The molecule has 1 aliphatic rings. The molecule has 1 unspecified atom stereocenters.